The molecule has 0 saturated carbocycles. The van der Waals surface area contributed by atoms with Crippen LogP contribution in [-0.4, -0.2) is 58.5 Å². The van der Waals surface area contributed by atoms with E-state index in [2.05, 4.69) is 20.6 Å². The molecule has 0 radical (unpaired) electrons. The Bertz CT molecular complexity index is 1390. The normalized spacial score (nSPS) is 11.1. The fraction of sp³-hybridized carbons (Fsp3) is 0.143. The molecule has 0 aliphatic carbocycles. The molecule has 0 bridgehead atoms. The Labute approximate surface area is 214 Å². The third-order valence-corrected chi connectivity index (χ3v) is 5.39. The number of amides is 2. The smallest absolute Gasteiger partial charge is 0.256 e. The van der Waals surface area contributed by atoms with Gasteiger partial charge in [0.05, 0.1) is 12.1 Å². The highest BCUT2D eigenvalue weighted by Gasteiger charge is 2.10. The number of aliphatic hydroxyl groups excluding tert-OH is 1. The molecule has 0 fully saturated rings. The average Bonchev–Trinajstić information content (AvgIpc) is 2.90. The number of nitrogens with zero attached hydrogens (tertiary/aromatic N) is 3. The maximum atomic E-state index is 12.5. The van der Waals surface area contributed by atoms with Gasteiger partial charge in [-0.25, -0.2) is 4.98 Å². The number of pyridine rings is 2. The number of nitrogens with one attached hydrogen (secondary N) is 2. The van der Waals surface area contributed by atoms with E-state index < -0.39 is 0 Å². The lowest BCUT2D eigenvalue weighted by Crippen LogP contribution is -2.22. The first-order chi connectivity index (χ1) is 18.0. The molecule has 4 rings (SSSR count). The van der Waals surface area contributed by atoms with Crippen molar-refractivity contribution in [2.45, 2.75) is 0 Å². The predicted octanol–water partition coefficient (Wildman–Crippen LogP) is 4.09. The highest BCUT2D eigenvalue weighted by atomic mass is 16.5. The summed E-state index contributed by atoms with van der Waals surface area (Å²) in [5.74, 6) is 1.06. The fourth-order valence-corrected chi connectivity index (χ4v) is 3.50. The summed E-state index contributed by atoms with van der Waals surface area (Å²) >= 11 is 0. The molecule has 0 atom stereocenters. The minimum atomic E-state index is -0.269. The van der Waals surface area contributed by atoms with Crippen molar-refractivity contribution in [1.82, 2.24) is 14.9 Å². The second-order valence-corrected chi connectivity index (χ2v) is 8.21. The standard InChI is InChI=1S/C28H27N5O4/c1-33(17-18-34)16-4-6-27(35)31-21-9-12-24-23(19-21)25(13-15-29-24)37-22-10-7-20(8-11-22)28(36)32-26-5-2-3-14-30-26/h2-15,19,34H,16-18H2,1H3,(H,31,35)(H,30,32,36)/b6-4+. The van der Waals surface area contributed by atoms with Crippen molar-refractivity contribution in [3.05, 3.63) is 96.8 Å². The van der Waals surface area contributed by atoms with Crippen molar-refractivity contribution in [3.8, 4) is 11.5 Å². The van der Waals surface area contributed by atoms with E-state index in [9.17, 15) is 9.59 Å². The number of rotatable bonds is 10. The summed E-state index contributed by atoms with van der Waals surface area (Å²) in [6, 6.07) is 19.2. The molecule has 2 aromatic carbocycles. The first-order valence-electron chi connectivity index (χ1n) is 11.7. The molecule has 3 N–H and O–H groups in total. The van der Waals surface area contributed by atoms with Gasteiger partial charge in [-0.3, -0.25) is 14.6 Å². The lowest BCUT2D eigenvalue weighted by molar-refractivity contribution is -0.111. The van der Waals surface area contributed by atoms with E-state index in [1.54, 1.807) is 79.1 Å². The van der Waals surface area contributed by atoms with Crippen LogP contribution >= 0.6 is 0 Å². The maximum absolute atomic E-state index is 12.5. The molecule has 37 heavy (non-hydrogen) atoms. The Hall–Kier alpha value is -4.60. The van der Waals surface area contributed by atoms with E-state index in [1.807, 2.05) is 18.0 Å². The van der Waals surface area contributed by atoms with Gasteiger partial charge < -0.3 is 25.4 Å². The average molecular weight is 498 g/mol. The minimum absolute atomic E-state index is 0.0670. The fourth-order valence-electron chi connectivity index (χ4n) is 3.50. The van der Waals surface area contributed by atoms with Gasteiger partial charge in [-0.05, 0) is 67.7 Å². The summed E-state index contributed by atoms with van der Waals surface area (Å²) in [5, 5.41) is 15.3. The van der Waals surface area contributed by atoms with Crippen LogP contribution in [0.2, 0.25) is 0 Å². The third kappa shape index (κ3) is 7.20. The van der Waals surface area contributed by atoms with Crippen molar-refractivity contribution >= 4 is 34.2 Å². The zero-order valence-corrected chi connectivity index (χ0v) is 20.3. The van der Waals surface area contributed by atoms with Gasteiger partial charge in [0, 0.05) is 48.2 Å². The molecule has 0 aliphatic rings. The van der Waals surface area contributed by atoms with Crippen LogP contribution < -0.4 is 15.4 Å². The van der Waals surface area contributed by atoms with E-state index in [-0.39, 0.29) is 18.4 Å². The first kappa shape index (κ1) is 25.5. The molecule has 0 spiro atoms. The molecule has 2 aromatic heterocycles. The second kappa shape index (κ2) is 12.4. The Morgan fingerprint density at radius 2 is 1.84 bits per heavy atom. The van der Waals surface area contributed by atoms with Gasteiger partial charge >= 0.3 is 0 Å². The number of anilines is 2. The summed E-state index contributed by atoms with van der Waals surface area (Å²) in [6.45, 7) is 1.15. The summed E-state index contributed by atoms with van der Waals surface area (Å²) < 4.78 is 6.08. The van der Waals surface area contributed by atoms with E-state index in [0.717, 1.165) is 5.39 Å². The van der Waals surface area contributed by atoms with Crippen LogP contribution in [0.5, 0.6) is 11.5 Å². The number of aromatic nitrogens is 2. The molecule has 0 aliphatic heterocycles. The van der Waals surface area contributed by atoms with E-state index in [4.69, 9.17) is 9.84 Å². The number of benzene rings is 2. The van der Waals surface area contributed by atoms with Crippen LogP contribution in [0.25, 0.3) is 10.9 Å². The summed E-state index contributed by atoms with van der Waals surface area (Å²) in [4.78, 5) is 35.1. The van der Waals surface area contributed by atoms with Crippen molar-refractivity contribution in [1.29, 1.82) is 0 Å². The zero-order chi connectivity index (χ0) is 26.0. The highest BCUT2D eigenvalue weighted by molar-refractivity contribution is 6.04. The van der Waals surface area contributed by atoms with E-state index in [1.165, 1.54) is 6.08 Å². The lowest BCUT2D eigenvalue weighted by Gasteiger charge is -2.12. The monoisotopic (exact) mass is 497 g/mol. The molecule has 2 heterocycles. The summed E-state index contributed by atoms with van der Waals surface area (Å²) in [6.07, 6.45) is 6.46. The number of aliphatic hydroxyl groups is 1. The molecule has 4 aromatic rings. The maximum Gasteiger partial charge on any atom is 0.256 e. The number of carbonyl (C=O) groups is 2. The van der Waals surface area contributed by atoms with E-state index >= 15 is 0 Å². The van der Waals surface area contributed by atoms with Gasteiger partial charge in [-0.1, -0.05) is 12.1 Å². The van der Waals surface area contributed by atoms with E-state index in [0.29, 0.717) is 47.2 Å². The number of ether oxygens (including phenoxy) is 1. The lowest BCUT2D eigenvalue weighted by atomic mass is 10.1. The topological polar surface area (TPSA) is 117 Å². The molecule has 188 valence electrons. The van der Waals surface area contributed by atoms with Crippen LogP contribution in [0.15, 0.2) is 91.3 Å². The Balaban J connectivity index is 1.44. The number of fused-ring (bicyclic) bond motifs is 1. The minimum Gasteiger partial charge on any atom is -0.457 e. The van der Waals surface area contributed by atoms with Crippen LogP contribution in [0.4, 0.5) is 11.5 Å². The van der Waals surface area contributed by atoms with Crippen LogP contribution in [0.3, 0.4) is 0 Å². The predicted molar refractivity (Wildman–Crippen MR) is 143 cm³/mol. The molecule has 9 heteroatoms. The Kier molecular flexibility index (Phi) is 8.53. The van der Waals surface area contributed by atoms with Gasteiger partial charge in [0.25, 0.3) is 5.91 Å². The van der Waals surface area contributed by atoms with Gasteiger partial charge in [-0.2, -0.15) is 0 Å². The molecule has 0 saturated heterocycles. The van der Waals surface area contributed by atoms with Crippen molar-refractivity contribution in [3.63, 3.8) is 0 Å². The van der Waals surface area contributed by atoms with Crippen molar-refractivity contribution in [2.75, 3.05) is 37.4 Å². The van der Waals surface area contributed by atoms with Gasteiger partial charge in [0.15, 0.2) is 0 Å². The number of hydrogen-bond acceptors (Lipinski definition) is 7. The first-order valence-corrected chi connectivity index (χ1v) is 11.7. The molecule has 2 amide bonds. The van der Waals surface area contributed by atoms with Gasteiger partial charge in [0.2, 0.25) is 5.91 Å². The van der Waals surface area contributed by atoms with Crippen LogP contribution in [-0.2, 0) is 4.79 Å². The van der Waals surface area contributed by atoms with Gasteiger partial charge in [-0.15, -0.1) is 0 Å². The van der Waals surface area contributed by atoms with Crippen molar-refractivity contribution < 1.29 is 19.4 Å². The quantitative estimate of drug-likeness (QED) is 0.283. The molecule has 0 unspecified atom stereocenters. The highest BCUT2D eigenvalue weighted by Crippen LogP contribution is 2.31. The molecular formula is C28H27N5O4. The van der Waals surface area contributed by atoms with Gasteiger partial charge in [0.1, 0.15) is 17.3 Å². The number of likely N-dealkylation sites (N-methyl/N-ethyl adjacent to an activating group) is 1. The number of carbonyl (C=O) groups excluding carboxylic acids is 2. The third-order valence-electron chi connectivity index (χ3n) is 5.39. The molecular weight excluding hydrogens is 470 g/mol. The SMILES string of the molecule is CN(C/C=C/C(=O)Nc1ccc2nccc(Oc3ccc(C(=O)Nc4ccccn4)cc3)c2c1)CCO. The zero-order valence-electron chi connectivity index (χ0n) is 20.3. The number of hydrogen-bond donors (Lipinski definition) is 3. The second-order valence-electron chi connectivity index (χ2n) is 8.21. The summed E-state index contributed by atoms with van der Waals surface area (Å²) in [5.41, 5.74) is 1.78. The molecule has 9 nitrogen and oxygen atoms in total. The Morgan fingerprint density at radius 3 is 2.59 bits per heavy atom. The van der Waals surface area contributed by atoms with Crippen LogP contribution in [0, 0.1) is 0 Å². The largest absolute Gasteiger partial charge is 0.457 e. The summed E-state index contributed by atoms with van der Waals surface area (Å²) in [7, 11) is 1.86. The Morgan fingerprint density at radius 1 is 1.00 bits per heavy atom. The van der Waals surface area contributed by atoms with Crippen LogP contribution in [0.1, 0.15) is 10.4 Å². The van der Waals surface area contributed by atoms with Crippen molar-refractivity contribution in [2.24, 2.45) is 0 Å².